The van der Waals surface area contributed by atoms with Crippen LogP contribution in [0.15, 0.2) is 18.7 Å². The zero-order valence-electron chi connectivity index (χ0n) is 13.2. The number of amides is 1. The molecule has 0 aromatic heterocycles. The Bertz CT molecular complexity index is 534. The van der Waals surface area contributed by atoms with Crippen LogP contribution in [0.2, 0.25) is 0 Å². The molecule has 114 valence electrons. The second kappa shape index (κ2) is 7.41. The number of hydrogen-bond acceptors (Lipinski definition) is 2. The molecule has 0 aliphatic heterocycles. The molecule has 1 aliphatic carbocycles. The van der Waals surface area contributed by atoms with Gasteiger partial charge < -0.3 is 10.6 Å². The molecule has 1 aliphatic rings. The Morgan fingerprint density at radius 1 is 1.24 bits per heavy atom. The van der Waals surface area contributed by atoms with E-state index in [1.807, 2.05) is 6.92 Å². The van der Waals surface area contributed by atoms with Gasteiger partial charge in [-0.3, -0.25) is 4.79 Å². The molecule has 0 heterocycles. The highest BCUT2D eigenvalue weighted by Crippen LogP contribution is 2.34. The van der Waals surface area contributed by atoms with Crippen molar-refractivity contribution in [2.75, 3.05) is 19.6 Å². The van der Waals surface area contributed by atoms with Crippen molar-refractivity contribution in [1.29, 1.82) is 0 Å². The van der Waals surface area contributed by atoms with E-state index in [1.54, 1.807) is 0 Å². The number of allylic oxidation sites excluding steroid dienone is 1. The molecule has 0 saturated carbocycles. The molecular weight excluding hydrogens is 260 g/mol. The minimum Gasteiger partial charge on any atom is -0.355 e. The van der Waals surface area contributed by atoms with Crippen LogP contribution in [-0.2, 0) is 17.6 Å². The molecule has 1 amide bonds. The first-order valence-electron chi connectivity index (χ1n) is 7.90. The van der Waals surface area contributed by atoms with E-state index in [1.165, 1.54) is 27.8 Å². The summed E-state index contributed by atoms with van der Waals surface area (Å²) in [5.41, 5.74) is 7.00. The Hall–Kier alpha value is -1.61. The van der Waals surface area contributed by atoms with Gasteiger partial charge in [-0.15, -0.1) is 0 Å². The summed E-state index contributed by atoms with van der Waals surface area (Å²) in [6, 6.07) is 4.47. The highest BCUT2D eigenvalue weighted by molar-refractivity contribution is 5.75. The highest BCUT2D eigenvalue weighted by atomic mass is 16.1. The summed E-state index contributed by atoms with van der Waals surface area (Å²) in [6.07, 6.45) is 3.84. The van der Waals surface area contributed by atoms with E-state index in [4.69, 9.17) is 0 Å². The average Bonchev–Trinajstić information content (AvgIpc) is 2.86. The van der Waals surface area contributed by atoms with Crippen molar-refractivity contribution in [2.24, 2.45) is 0 Å². The molecule has 0 saturated heterocycles. The maximum absolute atomic E-state index is 11.1. The maximum atomic E-state index is 11.1. The average molecular weight is 286 g/mol. The van der Waals surface area contributed by atoms with Crippen molar-refractivity contribution in [3.63, 3.8) is 0 Å². The molecule has 0 fully saturated rings. The van der Waals surface area contributed by atoms with E-state index >= 15 is 0 Å². The van der Waals surface area contributed by atoms with E-state index in [0.717, 1.165) is 32.4 Å². The first-order chi connectivity index (χ1) is 10.1. The summed E-state index contributed by atoms with van der Waals surface area (Å²) < 4.78 is 0. The van der Waals surface area contributed by atoms with E-state index in [2.05, 4.69) is 36.3 Å². The Kier molecular flexibility index (Phi) is 5.57. The van der Waals surface area contributed by atoms with Crippen LogP contribution in [0.4, 0.5) is 0 Å². The molecule has 0 bridgehead atoms. The van der Waals surface area contributed by atoms with Crippen molar-refractivity contribution in [3.8, 4) is 0 Å². The van der Waals surface area contributed by atoms with E-state index in [9.17, 15) is 4.79 Å². The summed E-state index contributed by atoms with van der Waals surface area (Å²) in [5.74, 6) is 0.117. The van der Waals surface area contributed by atoms with Gasteiger partial charge >= 0.3 is 0 Å². The van der Waals surface area contributed by atoms with Gasteiger partial charge in [0.15, 0.2) is 0 Å². The van der Waals surface area contributed by atoms with Crippen LogP contribution in [-0.4, -0.2) is 25.5 Å². The van der Waals surface area contributed by atoms with Crippen LogP contribution >= 0.6 is 0 Å². The molecule has 2 N–H and O–H groups in total. The third-order valence-corrected chi connectivity index (χ3v) is 4.28. The zero-order chi connectivity index (χ0) is 15.2. The Balaban J connectivity index is 1.77. The normalized spacial score (nSPS) is 13.3. The fourth-order valence-electron chi connectivity index (χ4n) is 2.90. The molecule has 0 atom stereocenters. The van der Waals surface area contributed by atoms with E-state index in [0.29, 0.717) is 13.0 Å². The summed E-state index contributed by atoms with van der Waals surface area (Å²) >= 11 is 0. The first kappa shape index (κ1) is 15.8. The largest absolute Gasteiger partial charge is 0.355 e. The predicted octanol–water partition coefficient (Wildman–Crippen LogP) is 2.61. The summed E-state index contributed by atoms with van der Waals surface area (Å²) in [6.45, 7) is 10.7. The van der Waals surface area contributed by atoms with Gasteiger partial charge in [0.1, 0.15) is 0 Å². The minimum atomic E-state index is 0.117. The monoisotopic (exact) mass is 286 g/mol. The molecule has 1 aromatic carbocycles. The fourth-order valence-corrected chi connectivity index (χ4v) is 2.90. The molecule has 0 unspecified atom stereocenters. The fraction of sp³-hybridized carbons (Fsp3) is 0.500. The lowest BCUT2D eigenvalue weighted by molar-refractivity contribution is -0.120. The summed E-state index contributed by atoms with van der Waals surface area (Å²) in [4.78, 5) is 11.1. The van der Waals surface area contributed by atoms with Crippen molar-refractivity contribution in [2.45, 2.75) is 39.5 Å². The Morgan fingerprint density at radius 3 is 2.81 bits per heavy atom. The van der Waals surface area contributed by atoms with Gasteiger partial charge in [0.2, 0.25) is 5.91 Å². The molecule has 3 heteroatoms. The van der Waals surface area contributed by atoms with E-state index < -0.39 is 0 Å². The number of rotatable bonds is 7. The van der Waals surface area contributed by atoms with Gasteiger partial charge in [-0.05, 0) is 60.6 Å². The van der Waals surface area contributed by atoms with E-state index in [-0.39, 0.29) is 5.91 Å². The van der Waals surface area contributed by atoms with Crippen molar-refractivity contribution >= 4 is 11.5 Å². The lowest BCUT2D eigenvalue weighted by Gasteiger charge is -2.12. The molecule has 0 spiro atoms. The minimum absolute atomic E-state index is 0.117. The molecule has 21 heavy (non-hydrogen) atoms. The lowest BCUT2D eigenvalue weighted by Crippen LogP contribution is -2.32. The molecular formula is C18H26N2O. The van der Waals surface area contributed by atoms with Crippen LogP contribution in [0.5, 0.6) is 0 Å². The first-order valence-corrected chi connectivity index (χ1v) is 7.90. The zero-order valence-corrected chi connectivity index (χ0v) is 13.2. The van der Waals surface area contributed by atoms with Crippen molar-refractivity contribution in [3.05, 3.63) is 41.0 Å². The predicted molar refractivity (Wildman–Crippen MR) is 88.4 cm³/mol. The van der Waals surface area contributed by atoms with Crippen LogP contribution in [0.1, 0.15) is 42.0 Å². The topological polar surface area (TPSA) is 41.1 Å². The summed E-state index contributed by atoms with van der Waals surface area (Å²) in [5, 5.41) is 6.25. The molecule has 0 radical (unpaired) electrons. The Morgan fingerprint density at radius 2 is 2.05 bits per heavy atom. The smallest absolute Gasteiger partial charge is 0.219 e. The van der Waals surface area contributed by atoms with Gasteiger partial charge in [-0.1, -0.05) is 25.6 Å². The Labute approximate surface area is 127 Å². The quantitative estimate of drug-likeness (QED) is 0.757. The van der Waals surface area contributed by atoms with Gasteiger partial charge in [-0.2, -0.15) is 0 Å². The molecule has 1 aromatic rings. The van der Waals surface area contributed by atoms with Crippen LogP contribution in [0, 0.1) is 6.92 Å². The number of nitrogens with one attached hydrogen (secondary N) is 2. The number of benzene rings is 1. The molecule has 3 nitrogen and oxygen atoms in total. The highest BCUT2D eigenvalue weighted by Gasteiger charge is 2.17. The second-order valence-corrected chi connectivity index (χ2v) is 5.68. The molecule has 2 rings (SSSR count). The second-order valence-electron chi connectivity index (χ2n) is 5.68. The van der Waals surface area contributed by atoms with Gasteiger partial charge in [0.05, 0.1) is 0 Å². The number of hydrogen-bond donors (Lipinski definition) is 2. The van der Waals surface area contributed by atoms with Crippen LogP contribution < -0.4 is 10.6 Å². The summed E-state index contributed by atoms with van der Waals surface area (Å²) in [7, 11) is 0. The number of fused-ring (bicyclic) bond motifs is 1. The van der Waals surface area contributed by atoms with Crippen molar-refractivity contribution in [1.82, 2.24) is 10.6 Å². The van der Waals surface area contributed by atoms with Gasteiger partial charge in [0, 0.05) is 19.5 Å². The number of carbonyl (C=O) groups is 1. The SMILES string of the molecule is C=C1CCc2c1ccc(CCNCCNC(=O)CC)c2C. The van der Waals surface area contributed by atoms with Crippen LogP contribution in [0.25, 0.3) is 5.57 Å². The van der Waals surface area contributed by atoms with Crippen molar-refractivity contribution < 1.29 is 4.79 Å². The maximum Gasteiger partial charge on any atom is 0.219 e. The standard InChI is InChI=1S/C18H26N2O/c1-4-18(21)20-12-11-19-10-9-15-6-8-16-13(2)5-7-17(16)14(15)3/h6,8,19H,2,4-5,7,9-12H2,1,3H3,(H,20,21). The lowest BCUT2D eigenvalue weighted by atomic mass is 9.96. The third-order valence-electron chi connectivity index (χ3n) is 4.28. The van der Waals surface area contributed by atoms with Crippen LogP contribution in [0.3, 0.4) is 0 Å². The number of carbonyl (C=O) groups excluding carboxylic acids is 1. The third kappa shape index (κ3) is 3.94. The van der Waals surface area contributed by atoms with Gasteiger partial charge in [-0.25, -0.2) is 0 Å². The van der Waals surface area contributed by atoms with Gasteiger partial charge in [0.25, 0.3) is 0 Å².